The first kappa shape index (κ1) is 9.01. The number of carbonyl (C=O) groups excluding carboxylic acids is 1. The van der Waals surface area contributed by atoms with Gasteiger partial charge in [0.25, 0.3) is 0 Å². The number of nitriles is 1. The molecule has 0 aromatic carbocycles. The minimum atomic E-state index is -0.0874. The van der Waals surface area contributed by atoms with Crippen LogP contribution < -0.4 is 5.43 Å². The van der Waals surface area contributed by atoms with Crippen LogP contribution in [0.3, 0.4) is 0 Å². The fourth-order valence-corrected chi connectivity index (χ4v) is 0.927. The molecule has 1 rings (SSSR count). The van der Waals surface area contributed by atoms with Gasteiger partial charge in [-0.15, -0.1) is 0 Å². The zero-order valence-corrected chi connectivity index (χ0v) is 7.21. The van der Waals surface area contributed by atoms with Gasteiger partial charge in [0.2, 0.25) is 5.91 Å². The van der Waals surface area contributed by atoms with E-state index in [-0.39, 0.29) is 11.9 Å². The number of rotatable bonds is 4. The van der Waals surface area contributed by atoms with Gasteiger partial charge in [-0.05, 0) is 6.42 Å². The van der Waals surface area contributed by atoms with Crippen molar-refractivity contribution in [1.82, 2.24) is 10.4 Å². The van der Waals surface area contributed by atoms with E-state index in [1.54, 1.807) is 5.01 Å². The Balaban J connectivity index is 2.08. The van der Waals surface area contributed by atoms with Gasteiger partial charge in [0.1, 0.15) is 6.04 Å². The third-order valence-corrected chi connectivity index (χ3v) is 1.79. The minimum absolute atomic E-state index is 0.0228. The maximum Gasteiger partial charge on any atom is 0.234 e. The second-order valence-electron chi connectivity index (χ2n) is 2.94. The molecule has 1 aliphatic heterocycles. The Labute approximate surface area is 72.1 Å². The predicted molar refractivity (Wildman–Crippen MR) is 43.8 cm³/mol. The SMILES string of the molecule is CCCCC(=O)NN1CC1C#N. The number of unbranched alkanes of at least 4 members (excludes halogenated alkanes) is 1. The molecule has 4 heteroatoms. The number of carbonyl (C=O) groups is 1. The summed E-state index contributed by atoms with van der Waals surface area (Å²) < 4.78 is 0. The van der Waals surface area contributed by atoms with Gasteiger partial charge in [-0.3, -0.25) is 10.2 Å². The Bertz CT molecular complexity index is 209. The van der Waals surface area contributed by atoms with Gasteiger partial charge in [0, 0.05) is 6.42 Å². The molecular formula is C8H13N3O. The summed E-state index contributed by atoms with van der Waals surface area (Å²) >= 11 is 0. The molecule has 0 saturated carbocycles. The first-order valence-corrected chi connectivity index (χ1v) is 4.23. The molecule has 1 saturated heterocycles. The molecule has 1 N–H and O–H groups in total. The van der Waals surface area contributed by atoms with E-state index in [1.165, 1.54) is 0 Å². The van der Waals surface area contributed by atoms with Crippen LogP contribution in [0.2, 0.25) is 0 Å². The van der Waals surface area contributed by atoms with Crippen LogP contribution in [0.25, 0.3) is 0 Å². The van der Waals surface area contributed by atoms with Crippen LogP contribution in [0, 0.1) is 11.3 Å². The van der Waals surface area contributed by atoms with Crippen LogP contribution in [-0.4, -0.2) is 23.5 Å². The van der Waals surface area contributed by atoms with Crippen LogP contribution in [0.1, 0.15) is 26.2 Å². The van der Waals surface area contributed by atoms with Crippen LogP contribution in [-0.2, 0) is 4.79 Å². The first-order valence-electron chi connectivity index (χ1n) is 4.23. The predicted octanol–water partition coefficient (Wildman–Crippen LogP) is 0.416. The first-order chi connectivity index (χ1) is 5.77. The van der Waals surface area contributed by atoms with Gasteiger partial charge < -0.3 is 0 Å². The molecule has 66 valence electrons. The smallest absolute Gasteiger partial charge is 0.234 e. The maximum absolute atomic E-state index is 11.1. The zero-order valence-electron chi connectivity index (χ0n) is 7.21. The van der Waals surface area contributed by atoms with E-state index in [1.807, 2.05) is 6.92 Å². The van der Waals surface area contributed by atoms with Crippen LogP contribution in [0.4, 0.5) is 0 Å². The Kier molecular flexibility index (Phi) is 3.06. The van der Waals surface area contributed by atoms with Crippen molar-refractivity contribution in [3.63, 3.8) is 0 Å². The summed E-state index contributed by atoms with van der Waals surface area (Å²) in [6.07, 6.45) is 2.50. The molecule has 4 nitrogen and oxygen atoms in total. The van der Waals surface area contributed by atoms with Crippen molar-refractivity contribution < 1.29 is 4.79 Å². The van der Waals surface area contributed by atoms with Crippen molar-refractivity contribution in [1.29, 1.82) is 5.26 Å². The van der Waals surface area contributed by atoms with Crippen LogP contribution in [0.5, 0.6) is 0 Å². The molecule has 1 heterocycles. The monoisotopic (exact) mass is 167 g/mol. The molecule has 1 amide bonds. The van der Waals surface area contributed by atoms with Crippen molar-refractivity contribution in [3.8, 4) is 6.07 Å². The number of hydrogen-bond acceptors (Lipinski definition) is 3. The lowest BCUT2D eigenvalue weighted by molar-refractivity contribution is -0.123. The highest BCUT2D eigenvalue weighted by molar-refractivity contribution is 5.75. The second-order valence-corrected chi connectivity index (χ2v) is 2.94. The summed E-state index contributed by atoms with van der Waals surface area (Å²) in [6.45, 7) is 2.72. The quantitative estimate of drug-likeness (QED) is 0.617. The molecule has 12 heavy (non-hydrogen) atoms. The molecular weight excluding hydrogens is 154 g/mol. The molecule has 0 bridgehead atoms. The maximum atomic E-state index is 11.1. The molecule has 1 fully saturated rings. The van der Waals surface area contributed by atoms with Gasteiger partial charge in [-0.2, -0.15) is 5.26 Å². The summed E-state index contributed by atoms with van der Waals surface area (Å²) in [4.78, 5) is 11.1. The van der Waals surface area contributed by atoms with E-state index in [9.17, 15) is 4.79 Å². The average Bonchev–Trinajstić information content (AvgIpc) is 2.80. The van der Waals surface area contributed by atoms with Crippen LogP contribution >= 0.6 is 0 Å². The minimum Gasteiger partial charge on any atom is -0.288 e. The number of amides is 1. The molecule has 2 unspecified atom stereocenters. The number of nitrogens with zero attached hydrogens (tertiary/aromatic N) is 2. The van der Waals surface area contributed by atoms with Crippen molar-refractivity contribution >= 4 is 5.91 Å². The van der Waals surface area contributed by atoms with Gasteiger partial charge in [-0.25, -0.2) is 5.01 Å². The van der Waals surface area contributed by atoms with Crippen molar-refractivity contribution in [3.05, 3.63) is 0 Å². The highest BCUT2D eigenvalue weighted by Gasteiger charge is 2.35. The summed E-state index contributed by atoms with van der Waals surface area (Å²) in [5.74, 6) is 0.0228. The highest BCUT2D eigenvalue weighted by Crippen LogP contribution is 2.11. The summed E-state index contributed by atoms with van der Waals surface area (Å²) in [7, 11) is 0. The van der Waals surface area contributed by atoms with Crippen molar-refractivity contribution in [2.75, 3.05) is 6.54 Å². The second kappa shape index (κ2) is 4.07. The average molecular weight is 167 g/mol. The largest absolute Gasteiger partial charge is 0.288 e. The molecule has 0 aromatic rings. The molecule has 0 spiro atoms. The fourth-order valence-electron chi connectivity index (χ4n) is 0.927. The third-order valence-electron chi connectivity index (χ3n) is 1.79. The topological polar surface area (TPSA) is 55.9 Å². The Morgan fingerprint density at radius 1 is 1.83 bits per heavy atom. The van der Waals surface area contributed by atoms with Gasteiger partial charge in [0.15, 0.2) is 0 Å². The Morgan fingerprint density at radius 2 is 2.58 bits per heavy atom. The van der Waals surface area contributed by atoms with E-state index in [2.05, 4.69) is 11.5 Å². The zero-order chi connectivity index (χ0) is 8.97. The van der Waals surface area contributed by atoms with Crippen molar-refractivity contribution in [2.24, 2.45) is 0 Å². The summed E-state index contributed by atoms with van der Waals surface area (Å²) in [5.41, 5.74) is 2.66. The Morgan fingerprint density at radius 3 is 3.08 bits per heavy atom. The highest BCUT2D eigenvalue weighted by atomic mass is 16.2. The van der Waals surface area contributed by atoms with E-state index < -0.39 is 0 Å². The number of hydrogen-bond donors (Lipinski definition) is 1. The summed E-state index contributed by atoms with van der Waals surface area (Å²) in [6, 6.07) is 1.97. The number of hydrazine groups is 1. The number of nitrogens with one attached hydrogen (secondary N) is 1. The normalized spacial score (nSPS) is 26.0. The van der Waals surface area contributed by atoms with E-state index in [4.69, 9.17) is 5.26 Å². The van der Waals surface area contributed by atoms with Gasteiger partial charge >= 0.3 is 0 Å². The summed E-state index contributed by atoms with van der Waals surface area (Å²) in [5, 5.41) is 10.1. The van der Waals surface area contributed by atoms with Crippen LogP contribution in [0.15, 0.2) is 0 Å². The molecule has 0 radical (unpaired) electrons. The lowest BCUT2D eigenvalue weighted by atomic mass is 10.2. The standard InChI is InChI=1S/C8H13N3O/c1-2-3-4-8(12)10-11-6-7(11)5-9/h7H,2-4,6H2,1H3,(H,10,12). The lowest BCUT2D eigenvalue weighted by Crippen LogP contribution is -2.29. The van der Waals surface area contributed by atoms with E-state index in [0.29, 0.717) is 13.0 Å². The molecule has 0 aliphatic carbocycles. The van der Waals surface area contributed by atoms with Gasteiger partial charge in [0.05, 0.1) is 12.6 Å². The third kappa shape index (κ3) is 2.51. The van der Waals surface area contributed by atoms with Gasteiger partial charge in [-0.1, -0.05) is 13.3 Å². The van der Waals surface area contributed by atoms with E-state index in [0.717, 1.165) is 12.8 Å². The molecule has 1 aliphatic rings. The molecule has 0 aromatic heterocycles. The Hall–Kier alpha value is -1.08. The molecule has 2 atom stereocenters. The fraction of sp³-hybridized carbons (Fsp3) is 0.750. The van der Waals surface area contributed by atoms with Crippen molar-refractivity contribution in [2.45, 2.75) is 32.2 Å². The van der Waals surface area contributed by atoms with E-state index >= 15 is 0 Å². The lowest BCUT2D eigenvalue weighted by Gasteiger charge is -2.02.